The lowest BCUT2D eigenvalue weighted by molar-refractivity contribution is -0.394. The van der Waals surface area contributed by atoms with Crippen LogP contribution in [0.1, 0.15) is 24.2 Å². The highest BCUT2D eigenvalue weighted by Gasteiger charge is 2.24. The summed E-state index contributed by atoms with van der Waals surface area (Å²) in [5.74, 6) is 0.137. The van der Waals surface area contributed by atoms with E-state index in [4.69, 9.17) is 4.74 Å². The average molecular weight is 359 g/mol. The first-order valence-electron chi connectivity index (χ1n) is 7.75. The predicted molar refractivity (Wildman–Crippen MR) is 94.5 cm³/mol. The van der Waals surface area contributed by atoms with E-state index in [1.165, 1.54) is 0 Å². The third-order valence-electron chi connectivity index (χ3n) is 3.31. The average Bonchev–Trinajstić information content (AvgIpc) is 2.59. The molecule has 2 aromatic rings. The van der Waals surface area contributed by atoms with Crippen molar-refractivity contribution >= 4 is 23.0 Å². The van der Waals surface area contributed by atoms with Crippen molar-refractivity contribution in [1.82, 2.24) is 0 Å². The van der Waals surface area contributed by atoms with Gasteiger partial charge in [0.1, 0.15) is 11.3 Å². The molecule has 0 aliphatic rings. The second-order valence-electron chi connectivity index (χ2n) is 5.90. The number of hydrogen-bond donors (Lipinski definition) is 1. The van der Waals surface area contributed by atoms with Crippen LogP contribution in [-0.2, 0) is 0 Å². The number of hydrogen-bond acceptors (Lipinski definition) is 6. The molecule has 0 aromatic heterocycles. The number of rotatable bonds is 7. The Morgan fingerprint density at radius 1 is 1.12 bits per heavy atom. The molecule has 2 rings (SSSR count). The number of ether oxygens (including phenoxy) is 1. The highest BCUT2D eigenvalue weighted by Crippen LogP contribution is 2.26. The zero-order valence-corrected chi connectivity index (χ0v) is 14.2. The van der Waals surface area contributed by atoms with Crippen molar-refractivity contribution in [2.24, 2.45) is 5.92 Å². The molecule has 0 saturated heterocycles. The summed E-state index contributed by atoms with van der Waals surface area (Å²) < 4.78 is 5.56. The van der Waals surface area contributed by atoms with E-state index in [-0.39, 0.29) is 5.56 Å². The van der Waals surface area contributed by atoms with Gasteiger partial charge < -0.3 is 10.1 Å². The Bertz CT molecular complexity index is 850. The summed E-state index contributed by atoms with van der Waals surface area (Å²) in [6.07, 6.45) is 0. The van der Waals surface area contributed by atoms with Crippen LogP contribution in [0.15, 0.2) is 42.5 Å². The summed E-state index contributed by atoms with van der Waals surface area (Å²) in [5.41, 5.74) is -0.973. The molecule has 0 aliphatic heterocycles. The molecule has 26 heavy (non-hydrogen) atoms. The van der Waals surface area contributed by atoms with E-state index in [0.717, 1.165) is 18.2 Å². The zero-order chi connectivity index (χ0) is 19.3. The van der Waals surface area contributed by atoms with Crippen LogP contribution < -0.4 is 10.1 Å². The van der Waals surface area contributed by atoms with E-state index < -0.39 is 27.1 Å². The van der Waals surface area contributed by atoms with Crippen LogP contribution in [0.4, 0.5) is 17.1 Å². The summed E-state index contributed by atoms with van der Waals surface area (Å²) in [6.45, 7) is 4.50. The van der Waals surface area contributed by atoms with Crippen molar-refractivity contribution in [2.75, 3.05) is 11.9 Å². The van der Waals surface area contributed by atoms with Gasteiger partial charge in [0.15, 0.2) is 0 Å². The Morgan fingerprint density at radius 3 is 2.46 bits per heavy atom. The van der Waals surface area contributed by atoms with Gasteiger partial charge in [0.05, 0.1) is 22.5 Å². The molecule has 2 aromatic carbocycles. The molecule has 0 atom stereocenters. The fourth-order valence-electron chi connectivity index (χ4n) is 2.10. The maximum atomic E-state index is 12.4. The first-order chi connectivity index (χ1) is 12.3. The third-order valence-corrected chi connectivity index (χ3v) is 3.31. The molecule has 0 saturated carbocycles. The quantitative estimate of drug-likeness (QED) is 0.592. The monoisotopic (exact) mass is 359 g/mol. The second kappa shape index (κ2) is 8.06. The fraction of sp³-hybridized carbons (Fsp3) is 0.235. The van der Waals surface area contributed by atoms with Gasteiger partial charge in [0, 0.05) is 17.8 Å². The van der Waals surface area contributed by atoms with Crippen molar-refractivity contribution in [3.05, 3.63) is 68.3 Å². The SMILES string of the molecule is CC(C)COc1cccc(NC(=O)c2ccc([N+](=O)[O-])cc2[N+](=O)[O-])c1. The maximum Gasteiger partial charge on any atom is 0.289 e. The van der Waals surface area contributed by atoms with Gasteiger partial charge in [0.2, 0.25) is 0 Å². The first-order valence-corrected chi connectivity index (χ1v) is 7.75. The molecule has 0 fully saturated rings. The topological polar surface area (TPSA) is 125 Å². The van der Waals surface area contributed by atoms with Gasteiger partial charge in [0.25, 0.3) is 17.3 Å². The van der Waals surface area contributed by atoms with Gasteiger partial charge in [-0.1, -0.05) is 19.9 Å². The van der Waals surface area contributed by atoms with Crippen LogP contribution in [0.25, 0.3) is 0 Å². The van der Waals surface area contributed by atoms with Crippen molar-refractivity contribution in [3.63, 3.8) is 0 Å². The predicted octanol–water partition coefficient (Wildman–Crippen LogP) is 3.79. The van der Waals surface area contributed by atoms with Crippen molar-refractivity contribution in [2.45, 2.75) is 13.8 Å². The number of anilines is 1. The largest absolute Gasteiger partial charge is 0.493 e. The van der Waals surface area contributed by atoms with E-state index in [9.17, 15) is 25.0 Å². The van der Waals surface area contributed by atoms with Crippen LogP contribution in [0.5, 0.6) is 5.75 Å². The first kappa shape index (κ1) is 18.8. The van der Waals surface area contributed by atoms with Gasteiger partial charge >= 0.3 is 0 Å². The highest BCUT2D eigenvalue weighted by atomic mass is 16.6. The van der Waals surface area contributed by atoms with Crippen LogP contribution in [0, 0.1) is 26.1 Å². The molecule has 0 aliphatic carbocycles. The lowest BCUT2D eigenvalue weighted by atomic mass is 10.1. The smallest absolute Gasteiger partial charge is 0.289 e. The summed E-state index contributed by atoms with van der Waals surface area (Å²) >= 11 is 0. The minimum Gasteiger partial charge on any atom is -0.493 e. The number of benzene rings is 2. The molecule has 0 radical (unpaired) electrons. The molecule has 136 valence electrons. The van der Waals surface area contributed by atoms with Gasteiger partial charge in [-0.3, -0.25) is 25.0 Å². The molecule has 0 unspecified atom stereocenters. The minimum atomic E-state index is -0.829. The van der Waals surface area contributed by atoms with Crippen molar-refractivity contribution in [3.8, 4) is 5.75 Å². The normalized spacial score (nSPS) is 10.4. The number of nitrogens with one attached hydrogen (secondary N) is 1. The number of carbonyl (C=O) groups excluding carboxylic acids is 1. The zero-order valence-electron chi connectivity index (χ0n) is 14.2. The summed E-state index contributed by atoms with van der Waals surface area (Å²) in [4.78, 5) is 32.7. The summed E-state index contributed by atoms with van der Waals surface area (Å²) in [7, 11) is 0. The lowest BCUT2D eigenvalue weighted by Gasteiger charge is -2.11. The maximum absolute atomic E-state index is 12.4. The molecule has 0 heterocycles. The highest BCUT2D eigenvalue weighted by molar-refractivity contribution is 6.07. The van der Waals surface area contributed by atoms with E-state index in [2.05, 4.69) is 5.32 Å². The molecular formula is C17H17N3O6. The van der Waals surface area contributed by atoms with Crippen LogP contribution in [-0.4, -0.2) is 22.4 Å². The molecule has 9 heteroatoms. The molecule has 0 bridgehead atoms. The van der Waals surface area contributed by atoms with Crippen LogP contribution >= 0.6 is 0 Å². The third kappa shape index (κ3) is 4.76. The lowest BCUT2D eigenvalue weighted by Crippen LogP contribution is -2.14. The Balaban J connectivity index is 2.23. The molecular weight excluding hydrogens is 342 g/mol. The minimum absolute atomic E-state index is 0.269. The standard InChI is InChI=1S/C17H17N3O6/c1-11(2)10-26-14-5-3-4-12(8-14)18-17(21)15-7-6-13(19(22)23)9-16(15)20(24)25/h3-9,11H,10H2,1-2H3,(H,18,21). The van der Waals surface area contributed by atoms with Gasteiger partial charge in [-0.15, -0.1) is 0 Å². The van der Waals surface area contributed by atoms with E-state index in [1.807, 2.05) is 13.8 Å². The van der Waals surface area contributed by atoms with Gasteiger partial charge in [-0.05, 0) is 24.1 Å². The number of non-ortho nitro benzene ring substituents is 1. The number of amides is 1. The van der Waals surface area contributed by atoms with Crippen LogP contribution in [0.2, 0.25) is 0 Å². The van der Waals surface area contributed by atoms with Gasteiger partial charge in [-0.2, -0.15) is 0 Å². The van der Waals surface area contributed by atoms with Crippen LogP contribution in [0.3, 0.4) is 0 Å². The van der Waals surface area contributed by atoms with Crippen molar-refractivity contribution < 1.29 is 19.4 Å². The molecule has 0 spiro atoms. The van der Waals surface area contributed by atoms with E-state index in [1.54, 1.807) is 24.3 Å². The van der Waals surface area contributed by atoms with Crippen molar-refractivity contribution in [1.29, 1.82) is 0 Å². The number of carbonyl (C=O) groups is 1. The van der Waals surface area contributed by atoms with Gasteiger partial charge in [-0.25, -0.2) is 0 Å². The molecule has 1 amide bonds. The Labute approximate surface area is 148 Å². The fourth-order valence-corrected chi connectivity index (χ4v) is 2.10. The Morgan fingerprint density at radius 2 is 1.85 bits per heavy atom. The Kier molecular flexibility index (Phi) is 5.84. The molecule has 9 nitrogen and oxygen atoms in total. The summed E-state index contributed by atoms with van der Waals surface area (Å²) in [5, 5.41) is 24.4. The second-order valence-corrected chi connectivity index (χ2v) is 5.90. The number of nitro groups is 2. The Hall–Kier alpha value is -3.49. The van der Waals surface area contributed by atoms with E-state index >= 15 is 0 Å². The molecule has 1 N–H and O–H groups in total. The van der Waals surface area contributed by atoms with E-state index in [0.29, 0.717) is 24.0 Å². The number of nitrogens with zero attached hydrogens (tertiary/aromatic N) is 2. The number of nitro benzene ring substituents is 2. The summed E-state index contributed by atoms with van der Waals surface area (Å²) in [6, 6.07) is 9.47.